The maximum atomic E-state index is 12.0. The molecular weight excluding hydrogens is 241 g/mol. The smallest absolute Gasteiger partial charge is 0.243 e. The molecule has 0 N–H and O–H groups in total. The number of Topliss-reactive ketones (excluding diaryl/α,β-unsaturated/α-hetero) is 1. The van der Waals surface area contributed by atoms with Gasteiger partial charge in [0.2, 0.25) is 5.56 Å². The van der Waals surface area contributed by atoms with Gasteiger partial charge in [-0.3, -0.25) is 9.59 Å². The van der Waals surface area contributed by atoms with E-state index >= 15 is 0 Å². The Labute approximate surface area is 112 Å². The van der Waals surface area contributed by atoms with Crippen molar-refractivity contribution in [3.63, 3.8) is 0 Å². The molecule has 4 nitrogen and oxygen atoms in total. The Balaban J connectivity index is 2.20. The summed E-state index contributed by atoms with van der Waals surface area (Å²) in [6.45, 7) is -0.0315. The number of carbonyl (C=O) groups is 1. The summed E-state index contributed by atoms with van der Waals surface area (Å²) in [4.78, 5) is 23.7. The molecule has 19 heavy (non-hydrogen) atoms. The Bertz CT molecular complexity index is 646. The number of carbonyl (C=O) groups excluding carboxylic acids is 1. The molecule has 1 aromatic heterocycles. The molecule has 0 aliphatic heterocycles. The fourth-order valence-corrected chi connectivity index (χ4v) is 1.70. The maximum Gasteiger partial charge on any atom is 0.243 e. The van der Waals surface area contributed by atoms with Crippen molar-refractivity contribution in [2.45, 2.75) is 6.54 Å². The number of hydrogen-bond acceptors (Lipinski definition) is 3. The van der Waals surface area contributed by atoms with Crippen LogP contribution in [0.15, 0.2) is 47.4 Å². The minimum atomic E-state index is -0.357. The Hall–Kier alpha value is -2.30. The zero-order chi connectivity index (χ0) is 13.8. The van der Waals surface area contributed by atoms with Gasteiger partial charge in [-0.2, -0.15) is 0 Å². The molecule has 0 amide bonds. The van der Waals surface area contributed by atoms with Gasteiger partial charge in [0.1, 0.15) is 13.6 Å². The zero-order valence-corrected chi connectivity index (χ0v) is 10.5. The maximum absolute atomic E-state index is 12.0. The van der Waals surface area contributed by atoms with Gasteiger partial charge in [0.15, 0.2) is 5.78 Å². The summed E-state index contributed by atoms with van der Waals surface area (Å²) in [6, 6.07) is 9.89. The minimum Gasteiger partial charge on any atom is -0.497 e. The van der Waals surface area contributed by atoms with Crippen molar-refractivity contribution in [2.24, 2.45) is 0 Å². The lowest BCUT2D eigenvalue weighted by molar-refractivity contribution is 0.0971. The molecule has 0 saturated heterocycles. The topological polar surface area (TPSA) is 48.3 Å². The predicted molar refractivity (Wildman–Crippen MR) is 73.4 cm³/mol. The second kappa shape index (κ2) is 5.56. The van der Waals surface area contributed by atoms with Gasteiger partial charge < -0.3 is 9.30 Å². The van der Waals surface area contributed by atoms with Crippen molar-refractivity contribution in [2.75, 3.05) is 7.11 Å². The van der Waals surface area contributed by atoms with E-state index in [1.807, 2.05) is 0 Å². The van der Waals surface area contributed by atoms with Gasteiger partial charge in [0.25, 0.3) is 0 Å². The molecule has 0 aliphatic carbocycles. The average molecular weight is 253 g/mol. The Morgan fingerprint density at radius 1 is 1.26 bits per heavy atom. The van der Waals surface area contributed by atoms with E-state index in [4.69, 9.17) is 12.6 Å². The van der Waals surface area contributed by atoms with Crippen LogP contribution in [0.2, 0.25) is 0 Å². The van der Waals surface area contributed by atoms with E-state index < -0.39 is 0 Å². The van der Waals surface area contributed by atoms with Crippen molar-refractivity contribution >= 4 is 19.1 Å². The van der Waals surface area contributed by atoms with Crippen LogP contribution in [0.3, 0.4) is 0 Å². The second-order valence-corrected chi connectivity index (χ2v) is 4.05. The first kappa shape index (κ1) is 13.1. The highest BCUT2D eigenvalue weighted by atomic mass is 16.5. The first-order valence-electron chi connectivity index (χ1n) is 5.74. The van der Waals surface area contributed by atoms with Crippen LogP contribution in [0.25, 0.3) is 0 Å². The monoisotopic (exact) mass is 253 g/mol. The van der Waals surface area contributed by atoms with E-state index in [1.165, 1.54) is 10.6 Å². The van der Waals surface area contributed by atoms with Crippen molar-refractivity contribution in [3.8, 4) is 5.75 Å². The molecule has 0 spiro atoms. The number of aromatic nitrogens is 1. The van der Waals surface area contributed by atoms with Crippen molar-refractivity contribution in [1.29, 1.82) is 0 Å². The first-order valence-corrected chi connectivity index (χ1v) is 5.74. The normalized spacial score (nSPS) is 10.2. The number of nitrogens with zero attached hydrogens (tertiary/aromatic N) is 1. The van der Waals surface area contributed by atoms with E-state index in [-0.39, 0.29) is 23.4 Å². The van der Waals surface area contributed by atoms with Crippen LogP contribution in [0.4, 0.5) is 0 Å². The number of pyridine rings is 1. The number of ketones is 1. The third-order valence-corrected chi connectivity index (χ3v) is 2.78. The highest BCUT2D eigenvalue weighted by molar-refractivity contribution is 6.31. The molecule has 0 fully saturated rings. The molecule has 1 heterocycles. The number of rotatable bonds is 4. The van der Waals surface area contributed by atoms with Crippen LogP contribution in [0, 0.1) is 0 Å². The van der Waals surface area contributed by atoms with Crippen molar-refractivity contribution < 1.29 is 9.53 Å². The SMILES string of the molecule is [B]c1cccn(CC(=O)c2ccc(OC)cc2)c1=O. The molecule has 0 bridgehead atoms. The van der Waals surface area contributed by atoms with Crippen LogP contribution in [0.5, 0.6) is 5.75 Å². The molecule has 0 atom stereocenters. The van der Waals surface area contributed by atoms with Gasteiger partial charge in [0, 0.05) is 11.8 Å². The van der Waals surface area contributed by atoms with Crippen molar-refractivity contribution in [3.05, 3.63) is 58.5 Å². The first-order chi connectivity index (χ1) is 9.11. The second-order valence-electron chi connectivity index (χ2n) is 4.05. The summed E-state index contributed by atoms with van der Waals surface area (Å²) in [5, 5.41) is 0. The van der Waals surface area contributed by atoms with E-state index in [1.54, 1.807) is 43.6 Å². The number of methoxy groups -OCH3 is 1. The molecular formula is C14H12BNO3. The molecule has 2 rings (SSSR count). The van der Waals surface area contributed by atoms with Gasteiger partial charge >= 0.3 is 0 Å². The Kier molecular flexibility index (Phi) is 3.85. The third-order valence-electron chi connectivity index (χ3n) is 2.78. The summed E-state index contributed by atoms with van der Waals surface area (Å²) in [7, 11) is 7.07. The lowest BCUT2D eigenvalue weighted by Gasteiger charge is -2.06. The van der Waals surface area contributed by atoms with Crippen LogP contribution >= 0.6 is 0 Å². The van der Waals surface area contributed by atoms with E-state index in [2.05, 4.69) is 0 Å². The summed E-state index contributed by atoms with van der Waals surface area (Å²) < 4.78 is 6.31. The molecule has 0 saturated carbocycles. The summed E-state index contributed by atoms with van der Waals surface area (Å²) in [6.07, 6.45) is 1.54. The largest absolute Gasteiger partial charge is 0.497 e. The molecule has 5 heteroatoms. The van der Waals surface area contributed by atoms with E-state index in [0.717, 1.165) is 0 Å². The third kappa shape index (κ3) is 2.93. The van der Waals surface area contributed by atoms with Crippen molar-refractivity contribution in [1.82, 2.24) is 4.57 Å². The molecule has 2 radical (unpaired) electrons. The fraction of sp³-hybridized carbons (Fsp3) is 0.143. The van der Waals surface area contributed by atoms with Crippen LogP contribution < -0.4 is 15.8 Å². The molecule has 2 aromatic rings. The van der Waals surface area contributed by atoms with Gasteiger partial charge in [-0.25, -0.2) is 0 Å². The average Bonchev–Trinajstić information content (AvgIpc) is 2.44. The van der Waals surface area contributed by atoms with Crippen LogP contribution in [-0.4, -0.2) is 25.3 Å². The molecule has 1 aromatic carbocycles. The highest BCUT2D eigenvalue weighted by Gasteiger charge is 2.08. The van der Waals surface area contributed by atoms with Crippen LogP contribution in [-0.2, 0) is 6.54 Å². The molecule has 0 aliphatic rings. The van der Waals surface area contributed by atoms with Gasteiger partial charge in [0.05, 0.1) is 13.7 Å². The minimum absolute atomic E-state index is 0.0315. The van der Waals surface area contributed by atoms with Gasteiger partial charge in [-0.1, -0.05) is 6.07 Å². The number of benzene rings is 1. The van der Waals surface area contributed by atoms with Gasteiger partial charge in [-0.05, 0) is 35.8 Å². The summed E-state index contributed by atoms with van der Waals surface area (Å²) in [5.41, 5.74) is 0.296. The Morgan fingerprint density at radius 3 is 2.58 bits per heavy atom. The molecule has 94 valence electrons. The van der Waals surface area contributed by atoms with Gasteiger partial charge in [-0.15, -0.1) is 0 Å². The lowest BCUT2D eigenvalue weighted by atomic mass is 9.98. The van der Waals surface area contributed by atoms with Crippen LogP contribution in [0.1, 0.15) is 10.4 Å². The quantitative estimate of drug-likeness (QED) is 0.590. The molecule has 0 unspecified atom stereocenters. The number of ether oxygens (including phenoxy) is 1. The fourth-order valence-electron chi connectivity index (χ4n) is 1.70. The summed E-state index contributed by atoms with van der Waals surface area (Å²) >= 11 is 0. The van der Waals surface area contributed by atoms with E-state index in [0.29, 0.717) is 11.3 Å². The zero-order valence-electron chi connectivity index (χ0n) is 10.5. The summed E-state index contributed by atoms with van der Waals surface area (Å²) in [5.74, 6) is 0.521. The number of hydrogen-bond donors (Lipinski definition) is 0. The Morgan fingerprint density at radius 2 is 1.95 bits per heavy atom. The predicted octanol–water partition coefficient (Wildman–Crippen LogP) is 0.534. The highest BCUT2D eigenvalue weighted by Crippen LogP contribution is 2.11. The van der Waals surface area contributed by atoms with E-state index in [9.17, 15) is 9.59 Å². The lowest BCUT2D eigenvalue weighted by Crippen LogP contribution is -2.35. The standard InChI is InChI=1S/C14H12BNO3/c1-19-11-6-4-10(5-7-11)13(17)9-16-8-2-3-12(15)14(16)18/h2-8H,9H2,1H3.